The quantitative estimate of drug-likeness (QED) is 0.666. The van der Waals surface area contributed by atoms with Crippen LogP contribution >= 0.6 is 11.3 Å². The molecule has 0 aliphatic rings. The molecule has 0 spiro atoms. The number of amides is 1. The first-order chi connectivity index (χ1) is 12.8. The van der Waals surface area contributed by atoms with Crippen molar-refractivity contribution < 1.29 is 22.7 Å². The van der Waals surface area contributed by atoms with Gasteiger partial charge in [-0.05, 0) is 43.0 Å². The SMILES string of the molecule is CCOc1nc2cc(C(F)(F)F)ccc2c(C)c1C(=O)NCc1cccs1. The number of rotatable bonds is 5. The summed E-state index contributed by atoms with van der Waals surface area (Å²) in [6.45, 7) is 4.00. The van der Waals surface area contributed by atoms with E-state index in [2.05, 4.69) is 10.3 Å². The van der Waals surface area contributed by atoms with Crippen LogP contribution in [0, 0.1) is 6.92 Å². The van der Waals surface area contributed by atoms with Gasteiger partial charge in [0.05, 0.1) is 24.2 Å². The Morgan fingerprint density at radius 2 is 2.07 bits per heavy atom. The van der Waals surface area contributed by atoms with Crippen LogP contribution in [0.25, 0.3) is 10.9 Å². The monoisotopic (exact) mass is 394 g/mol. The normalized spacial score (nSPS) is 11.6. The molecule has 3 rings (SSSR count). The summed E-state index contributed by atoms with van der Waals surface area (Å²) in [5, 5.41) is 5.20. The molecule has 27 heavy (non-hydrogen) atoms. The molecule has 1 N–H and O–H groups in total. The summed E-state index contributed by atoms with van der Waals surface area (Å²) >= 11 is 1.52. The van der Waals surface area contributed by atoms with Crippen LogP contribution in [0.4, 0.5) is 13.2 Å². The number of carbonyl (C=O) groups excluding carboxylic acids is 1. The Kier molecular flexibility index (Phi) is 5.36. The minimum atomic E-state index is -4.47. The third kappa shape index (κ3) is 4.05. The molecule has 1 amide bonds. The highest BCUT2D eigenvalue weighted by molar-refractivity contribution is 7.09. The fraction of sp³-hybridized carbons (Fsp3) is 0.263. The average molecular weight is 394 g/mol. The van der Waals surface area contributed by atoms with Crippen LogP contribution in [-0.4, -0.2) is 17.5 Å². The highest BCUT2D eigenvalue weighted by atomic mass is 32.1. The average Bonchev–Trinajstić information content (AvgIpc) is 3.12. The molecule has 2 heterocycles. The Morgan fingerprint density at radius 1 is 1.30 bits per heavy atom. The van der Waals surface area contributed by atoms with Gasteiger partial charge in [0.25, 0.3) is 5.91 Å². The second kappa shape index (κ2) is 7.56. The molecule has 2 aromatic heterocycles. The van der Waals surface area contributed by atoms with Crippen molar-refractivity contribution in [1.29, 1.82) is 0 Å². The first-order valence-corrected chi connectivity index (χ1v) is 9.14. The summed E-state index contributed by atoms with van der Waals surface area (Å²) in [4.78, 5) is 17.9. The molecule has 0 radical (unpaired) electrons. The lowest BCUT2D eigenvalue weighted by atomic mass is 10.0. The number of ether oxygens (including phenoxy) is 1. The minimum absolute atomic E-state index is 0.0329. The molecule has 0 unspecified atom stereocenters. The molecule has 1 aromatic carbocycles. The first-order valence-electron chi connectivity index (χ1n) is 8.26. The number of halogens is 3. The Morgan fingerprint density at radius 3 is 2.70 bits per heavy atom. The lowest BCUT2D eigenvalue weighted by molar-refractivity contribution is -0.137. The number of hydrogen-bond acceptors (Lipinski definition) is 4. The molecule has 0 aliphatic carbocycles. The third-order valence-electron chi connectivity index (χ3n) is 4.05. The highest BCUT2D eigenvalue weighted by Crippen LogP contribution is 2.34. The topological polar surface area (TPSA) is 51.2 Å². The molecule has 0 bridgehead atoms. The Balaban J connectivity index is 2.03. The van der Waals surface area contributed by atoms with Gasteiger partial charge in [-0.1, -0.05) is 12.1 Å². The predicted molar refractivity (Wildman–Crippen MR) is 98.1 cm³/mol. The zero-order valence-electron chi connectivity index (χ0n) is 14.7. The maximum absolute atomic E-state index is 13.0. The van der Waals surface area contributed by atoms with Crippen molar-refractivity contribution in [2.75, 3.05) is 6.61 Å². The van der Waals surface area contributed by atoms with E-state index in [0.717, 1.165) is 17.0 Å². The number of nitrogens with one attached hydrogen (secondary N) is 1. The van der Waals surface area contributed by atoms with E-state index in [1.165, 1.54) is 17.4 Å². The van der Waals surface area contributed by atoms with Crippen LogP contribution < -0.4 is 10.1 Å². The van der Waals surface area contributed by atoms with Gasteiger partial charge in [-0.25, -0.2) is 4.98 Å². The van der Waals surface area contributed by atoms with E-state index in [1.807, 2.05) is 17.5 Å². The van der Waals surface area contributed by atoms with E-state index < -0.39 is 11.7 Å². The summed E-state index contributed by atoms with van der Waals surface area (Å²) in [5.41, 5.74) is 0.112. The van der Waals surface area contributed by atoms with Gasteiger partial charge in [0.1, 0.15) is 5.56 Å². The molecule has 142 valence electrons. The molecule has 4 nitrogen and oxygen atoms in total. The largest absolute Gasteiger partial charge is 0.477 e. The van der Waals surface area contributed by atoms with Crippen molar-refractivity contribution in [2.45, 2.75) is 26.6 Å². The Labute approximate surface area is 158 Å². The van der Waals surface area contributed by atoms with Crippen molar-refractivity contribution in [3.8, 4) is 5.88 Å². The second-order valence-corrected chi connectivity index (χ2v) is 6.87. The molecule has 0 atom stereocenters. The Bertz CT molecular complexity index is 969. The zero-order chi connectivity index (χ0) is 19.6. The number of fused-ring (bicyclic) bond motifs is 1. The standard InChI is InChI=1S/C19H17F3N2O2S/c1-3-26-18-16(17(25)23-10-13-5-4-8-27-13)11(2)14-7-6-12(19(20,21)22)9-15(14)24-18/h4-9H,3,10H2,1-2H3,(H,23,25). The van der Waals surface area contributed by atoms with E-state index in [-0.39, 0.29) is 29.5 Å². The van der Waals surface area contributed by atoms with E-state index in [9.17, 15) is 18.0 Å². The molecule has 0 saturated carbocycles. The van der Waals surface area contributed by atoms with Gasteiger partial charge in [-0.2, -0.15) is 13.2 Å². The second-order valence-electron chi connectivity index (χ2n) is 5.84. The van der Waals surface area contributed by atoms with Gasteiger partial charge < -0.3 is 10.1 Å². The number of alkyl halides is 3. The van der Waals surface area contributed by atoms with Gasteiger partial charge in [-0.3, -0.25) is 4.79 Å². The number of hydrogen-bond donors (Lipinski definition) is 1. The van der Waals surface area contributed by atoms with Crippen molar-refractivity contribution in [3.05, 3.63) is 57.3 Å². The summed E-state index contributed by atoms with van der Waals surface area (Å²) in [5.74, 6) is -0.343. The summed E-state index contributed by atoms with van der Waals surface area (Å²) in [6.07, 6.45) is -4.47. The van der Waals surface area contributed by atoms with E-state index >= 15 is 0 Å². The van der Waals surface area contributed by atoms with E-state index in [0.29, 0.717) is 17.5 Å². The fourth-order valence-corrected chi connectivity index (χ4v) is 3.40. The molecule has 8 heteroatoms. The molecular formula is C19H17F3N2O2S. The number of nitrogens with zero attached hydrogens (tertiary/aromatic N) is 1. The van der Waals surface area contributed by atoms with Crippen LogP contribution in [0.3, 0.4) is 0 Å². The van der Waals surface area contributed by atoms with Crippen LogP contribution in [0.2, 0.25) is 0 Å². The first kappa shape index (κ1) is 19.2. The van der Waals surface area contributed by atoms with Crippen LogP contribution in [0.1, 0.15) is 33.3 Å². The number of carbonyl (C=O) groups is 1. The van der Waals surface area contributed by atoms with Crippen LogP contribution in [-0.2, 0) is 12.7 Å². The maximum Gasteiger partial charge on any atom is 0.416 e. The lowest BCUT2D eigenvalue weighted by Gasteiger charge is -2.15. The van der Waals surface area contributed by atoms with Gasteiger partial charge in [0.2, 0.25) is 5.88 Å². The van der Waals surface area contributed by atoms with Crippen LogP contribution in [0.5, 0.6) is 5.88 Å². The number of aromatic nitrogens is 1. The highest BCUT2D eigenvalue weighted by Gasteiger charge is 2.31. The van der Waals surface area contributed by atoms with Crippen molar-refractivity contribution >= 4 is 28.1 Å². The van der Waals surface area contributed by atoms with E-state index in [1.54, 1.807) is 13.8 Å². The fourth-order valence-electron chi connectivity index (χ4n) is 2.76. The van der Waals surface area contributed by atoms with Gasteiger partial charge in [-0.15, -0.1) is 11.3 Å². The third-order valence-corrected chi connectivity index (χ3v) is 4.93. The summed E-state index contributed by atoms with van der Waals surface area (Å²) < 4.78 is 44.4. The zero-order valence-corrected chi connectivity index (χ0v) is 15.5. The molecular weight excluding hydrogens is 377 g/mol. The van der Waals surface area contributed by atoms with Crippen molar-refractivity contribution in [2.24, 2.45) is 0 Å². The number of benzene rings is 1. The minimum Gasteiger partial charge on any atom is -0.477 e. The van der Waals surface area contributed by atoms with Gasteiger partial charge in [0, 0.05) is 10.3 Å². The molecule has 0 saturated heterocycles. The Hall–Kier alpha value is -2.61. The van der Waals surface area contributed by atoms with Gasteiger partial charge in [0.15, 0.2) is 0 Å². The number of thiophene rings is 1. The lowest BCUT2D eigenvalue weighted by Crippen LogP contribution is -2.24. The van der Waals surface area contributed by atoms with Gasteiger partial charge >= 0.3 is 6.18 Å². The van der Waals surface area contributed by atoms with Crippen molar-refractivity contribution in [3.63, 3.8) is 0 Å². The van der Waals surface area contributed by atoms with E-state index in [4.69, 9.17) is 4.74 Å². The molecule has 0 aliphatic heterocycles. The molecule has 3 aromatic rings. The smallest absolute Gasteiger partial charge is 0.416 e. The number of aryl methyl sites for hydroxylation is 1. The molecule has 0 fully saturated rings. The predicted octanol–water partition coefficient (Wildman–Crippen LogP) is 4.95. The maximum atomic E-state index is 13.0. The van der Waals surface area contributed by atoms with Crippen molar-refractivity contribution in [1.82, 2.24) is 10.3 Å². The summed E-state index contributed by atoms with van der Waals surface area (Å²) in [6, 6.07) is 7.09. The van der Waals surface area contributed by atoms with Crippen LogP contribution in [0.15, 0.2) is 35.7 Å². The number of pyridine rings is 1. The summed E-state index contributed by atoms with van der Waals surface area (Å²) in [7, 11) is 0.